The molecule has 0 saturated heterocycles. The molecule has 0 saturated carbocycles. The predicted octanol–water partition coefficient (Wildman–Crippen LogP) is 3.03. The Bertz CT molecular complexity index is 2050. The molecule has 6 rings (SSSR count). The van der Waals surface area contributed by atoms with Gasteiger partial charge in [0.2, 0.25) is 0 Å². The first-order valence-corrected chi connectivity index (χ1v) is 13.0. The van der Waals surface area contributed by atoms with E-state index in [0.717, 1.165) is 5.56 Å². The molecule has 0 spiro atoms. The molecule has 4 aromatic heterocycles. The van der Waals surface area contributed by atoms with Crippen LogP contribution in [-0.2, 0) is 7.05 Å². The SMILES string of the molecule is CC[C@@H](NC(=O)c1c(N)nn2cccnc12)c1nc2cccc(C#Cc3cnn(C)c3)c2c(=O)n1-c1ccccc1. The number of rotatable bonds is 5. The molecule has 4 heterocycles. The van der Waals surface area contributed by atoms with Crippen LogP contribution < -0.4 is 16.6 Å². The first kappa shape index (κ1) is 25.5. The van der Waals surface area contributed by atoms with Crippen molar-refractivity contribution in [1.82, 2.24) is 39.2 Å². The maximum absolute atomic E-state index is 14.2. The summed E-state index contributed by atoms with van der Waals surface area (Å²) in [6, 6.07) is 15.6. The lowest BCUT2D eigenvalue weighted by Gasteiger charge is -2.22. The van der Waals surface area contributed by atoms with Crippen LogP contribution in [-0.4, -0.2) is 39.8 Å². The number of nitrogens with two attached hydrogens (primary N) is 1. The second-order valence-electron chi connectivity index (χ2n) is 9.38. The number of nitrogen functional groups attached to an aromatic ring is 1. The lowest BCUT2D eigenvalue weighted by molar-refractivity contribution is 0.0935. The van der Waals surface area contributed by atoms with Gasteiger partial charge in [0.1, 0.15) is 11.4 Å². The molecule has 6 aromatic rings. The summed E-state index contributed by atoms with van der Waals surface area (Å²) in [5, 5.41) is 11.7. The lowest BCUT2D eigenvalue weighted by Crippen LogP contribution is -2.34. The summed E-state index contributed by atoms with van der Waals surface area (Å²) in [4.78, 5) is 37.0. The van der Waals surface area contributed by atoms with Gasteiger partial charge in [-0.05, 0) is 36.8 Å². The highest BCUT2D eigenvalue weighted by Crippen LogP contribution is 2.24. The van der Waals surface area contributed by atoms with Crippen molar-refractivity contribution < 1.29 is 4.79 Å². The van der Waals surface area contributed by atoms with E-state index in [1.807, 2.05) is 50.4 Å². The number of carbonyl (C=O) groups is 1. The van der Waals surface area contributed by atoms with Crippen molar-refractivity contribution in [3.05, 3.63) is 112 Å². The van der Waals surface area contributed by atoms with Gasteiger partial charge in [-0.25, -0.2) is 14.5 Å². The van der Waals surface area contributed by atoms with Gasteiger partial charge < -0.3 is 11.1 Å². The minimum Gasteiger partial charge on any atom is -0.381 e. The second kappa shape index (κ2) is 10.4. The number of amides is 1. The van der Waals surface area contributed by atoms with Gasteiger partial charge in [0.15, 0.2) is 11.5 Å². The standard InChI is InChI=1S/C30H25N9O2/c1-3-22(35-29(40)25-26(31)36-38-16-8-15-32-28(25)38)27-34-23-12-7-9-20(14-13-19-17-33-37(2)18-19)24(23)30(41)39(27)21-10-5-4-6-11-21/h4-12,15-18,22H,3H2,1-2H3,(H2,31,36)(H,35,40)/t22-/m1/s1. The quantitative estimate of drug-likeness (QED) is 0.319. The van der Waals surface area contributed by atoms with E-state index in [4.69, 9.17) is 10.7 Å². The molecule has 0 fully saturated rings. The zero-order valence-electron chi connectivity index (χ0n) is 22.3. The van der Waals surface area contributed by atoms with Crippen LogP contribution in [0.4, 0.5) is 5.82 Å². The molecule has 0 aliphatic heterocycles. The van der Waals surface area contributed by atoms with Gasteiger partial charge >= 0.3 is 0 Å². The van der Waals surface area contributed by atoms with Crippen LogP contribution in [0.3, 0.4) is 0 Å². The maximum Gasteiger partial charge on any atom is 0.267 e. The third-order valence-electron chi connectivity index (χ3n) is 6.66. The summed E-state index contributed by atoms with van der Waals surface area (Å²) < 4.78 is 4.65. The Morgan fingerprint density at radius 2 is 1.93 bits per heavy atom. The molecule has 0 radical (unpaired) electrons. The minimum atomic E-state index is -0.636. The highest BCUT2D eigenvalue weighted by molar-refractivity contribution is 6.04. The van der Waals surface area contributed by atoms with Crippen LogP contribution in [0.2, 0.25) is 0 Å². The number of fused-ring (bicyclic) bond motifs is 2. The highest BCUT2D eigenvalue weighted by atomic mass is 16.2. The predicted molar refractivity (Wildman–Crippen MR) is 154 cm³/mol. The number of hydrogen-bond acceptors (Lipinski definition) is 7. The van der Waals surface area contributed by atoms with E-state index in [-0.39, 0.29) is 16.9 Å². The Balaban J connectivity index is 1.50. The molecule has 41 heavy (non-hydrogen) atoms. The molecule has 2 aromatic carbocycles. The normalized spacial score (nSPS) is 11.8. The van der Waals surface area contributed by atoms with Crippen LogP contribution in [0, 0.1) is 11.8 Å². The second-order valence-corrected chi connectivity index (χ2v) is 9.38. The van der Waals surface area contributed by atoms with Gasteiger partial charge in [-0.1, -0.05) is 43.0 Å². The molecule has 0 aliphatic carbocycles. The third kappa shape index (κ3) is 4.68. The Labute approximate surface area is 234 Å². The van der Waals surface area contributed by atoms with E-state index in [2.05, 4.69) is 32.3 Å². The minimum absolute atomic E-state index is 0.0554. The van der Waals surface area contributed by atoms with E-state index >= 15 is 0 Å². The largest absolute Gasteiger partial charge is 0.381 e. The molecule has 1 atom stereocenters. The molecule has 202 valence electrons. The van der Waals surface area contributed by atoms with Crippen molar-refractivity contribution in [2.75, 3.05) is 5.73 Å². The highest BCUT2D eigenvalue weighted by Gasteiger charge is 2.26. The molecule has 0 unspecified atom stereocenters. The van der Waals surface area contributed by atoms with Crippen molar-refractivity contribution in [1.29, 1.82) is 0 Å². The molecule has 1 amide bonds. The Morgan fingerprint density at radius 1 is 1.10 bits per heavy atom. The number of anilines is 1. The Morgan fingerprint density at radius 3 is 2.68 bits per heavy atom. The average Bonchev–Trinajstić information content (AvgIpc) is 3.56. The maximum atomic E-state index is 14.2. The number of nitrogens with zero attached hydrogens (tertiary/aromatic N) is 7. The van der Waals surface area contributed by atoms with Crippen LogP contribution in [0.15, 0.2) is 84.2 Å². The van der Waals surface area contributed by atoms with Gasteiger partial charge in [0.25, 0.3) is 11.5 Å². The van der Waals surface area contributed by atoms with Gasteiger partial charge in [-0.15, -0.1) is 5.10 Å². The molecule has 11 heteroatoms. The van der Waals surface area contributed by atoms with Crippen LogP contribution in [0.5, 0.6) is 0 Å². The number of para-hydroxylation sites is 1. The van der Waals surface area contributed by atoms with E-state index in [0.29, 0.717) is 40.0 Å². The molecular formula is C30H25N9O2. The van der Waals surface area contributed by atoms with Gasteiger partial charge in [-0.2, -0.15) is 5.10 Å². The smallest absolute Gasteiger partial charge is 0.267 e. The molecule has 3 N–H and O–H groups in total. The molecular weight excluding hydrogens is 518 g/mol. The van der Waals surface area contributed by atoms with Crippen molar-refractivity contribution >= 4 is 28.3 Å². The zero-order chi connectivity index (χ0) is 28.5. The number of hydrogen-bond donors (Lipinski definition) is 2. The first-order valence-electron chi connectivity index (χ1n) is 13.0. The monoisotopic (exact) mass is 543 g/mol. The van der Waals surface area contributed by atoms with Gasteiger partial charge in [0, 0.05) is 31.2 Å². The molecule has 11 nitrogen and oxygen atoms in total. The Hall–Kier alpha value is -5.76. The summed E-state index contributed by atoms with van der Waals surface area (Å²) in [5.41, 5.74) is 8.65. The van der Waals surface area contributed by atoms with Gasteiger partial charge in [-0.3, -0.25) is 18.8 Å². The van der Waals surface area contributed by atoms with E-state index in [1.165, 1.54) is 9.08 Å². The number of benzene rings is 2. The van der Waals surface area contributed by atoms with Crippen molar-refractivity contribution in [2.24, 2.45) is 7.05 Å². The molecule has 0 aliphatic rings. The van der Waals surface area contributed by atoms with E-state index in [9.17, 15) is 9.59 Å². The third-order valence-corrected chi connectivity index (χ3v) is 6.66. The Kier molecular flexibility index (Phi) is 6.49. The summed E-state index contributed by atoms with van der Waals surface area (Å²) in [6.07, 6.45) is 7.15. The summed E-state index contributed by atoms with van der Waals surface area (Å²) >= 11 is 0. The number of nitrogens with one attached hydrogen (secondary N) is 1. The van der Waals surface area contributed by atoms with Crippen LogP contribution >= 0.6 is 0 Å². The molecule has 0 bridgehead atoms. The lowest BCUT2D eigenvalue weighted by atomic mass is 10.1. The number of carbonyl (C=O) groups excluding carboxylic acids is 1. The fourth-order valence-corrected chi connectivity index (χ4v) is 4.74. The summed E-state index contributed by atoms with van der Waals surface area (Å²) in [7, 11) is 1.82. The van der Waals surface area contributed by atoms with Gasteiger partial charge in [0.05, 0.1) is 34.4 Å². The fraction of sp³-hybridized carbons (Fsp3) is 0.133. The van der Waals surface area contributed by atoms with Crippen molar-refractivity contribution in [3.8, 4) is 17.5 Å². The van der Waals surface area contributed by atoms with Crippen molar-refractivity contribution in [3.63, 3.8) is 0 Å². The number of aromatic nitrogens is 7. The topological polar surface area (TPSA) is 138 Å². The zero-order valence-corrected chi connectivity index (χ0v) is 22.3. The first-order chi connectivity index (χ1) is 19.9. The van der Waals surface area contributed by atoms with Crippen LogP contribution in [0.1, 0.15) is 46.7 Å². The van der Waals surface area contributed by atoms with Crippen LogP contribution in [0.25, 0.3) is 22.2 Å². The van der Waals surface area contributed by atoms with E-state index in [1.54, 1.807) is 47.7 Å². The van der Waals surface area contributed by atoms with Crippen molar-refractivity contribution in [2.45, 2.75) is 19.4 Å². The number of aryl methyl sites for hydroxylation is 1. The average molecular weight is 544 g/mol. The summed E-state index contributed by atoms with van der Waals surface area (Å²) in [5.74, 6) is 6.17. The summed E-state index contributed by atoms with van der Waals surface area (Å²) in [6.45, 7) is 1.91. The van der Waals surface area contributed by atoms with E-state index < -0.39 is 11.9 Å². The fourth-order valence-electron chi connectivity index (χ4n) is 4.74.